The van der Waals surface area contributed by atoms with Crippen LogP contribution in [0.1, 0.15) is 36.0 Å². The van der Waals surface area contributed by atoms with E-state index in [0.717, 1.165) is 31.4 Å². The quantitative estimate of drug-likeness (QED) is 0.815. The summed E-state index contributed by atoms with van der Waals surface area (Å²) >= 11 is 0. The van der Waals surface area contributed by atoms with Gasteiger partial charge in [-0.25, -0.2) is 0 Å². The number of benzene rings is 1. The van der Waals surface area contributed by atoms with Gasteiger partial charge in [-0.1, -0.05) is 0 Å². The number of carbonyl (C=O) groups excluding carboxylic acids is 2. The molecule has 1 N–H and O–H groups in total. The van der Waals surface area contributed by atoms with Gasteiger partial charge in [-0.3, -0.25) is 14.7 Å². The largest absolute Gasteiger partial charge is 0.493 e. The van der Waals surface area contributed by atoms with Crippen LogP contribution in [-0.2, 0) is 4.79 Å². The number of likely N-dealkylation sites (tertiary alicyclic amines) is 1. The van der Waals surface area contributed by atoms with Crippen molar-refractivity contribution in [3.63, 3.8) is 0 Å². The lowest BCUT2D eigenvalue weighted by Crippen LogP contribution is -2.61. The Labute approximate surface area is 181 Å². The summed E-state index contributed by atoms with van der Waals surface area (Å²) in [6, 6.07) is 5.84. The van der Waals surface area contributed by atoms with E-state index in [1.165, 1.54) is 0 Å². The van der Waals surface area contributed by atoms with Crippen LogP contribution in [0, 0.1) is 11.8 Å². The zero-order valence-electron chi connectivity index (χ0n) is 18.0. The molecule has 8 heteroatoms. The average Bonchev–Trinajstić information content (AvgIpc) is 3.28. The smallest absolute Gasteiger partial charge is 0.257 e. The molecule has 3 aliphatic rings. The molecule has 164 valence electrons. The molecule has 1 aromatic carbocycles. The van der Waals surface area contributed by atoms with Gasteiger partial charge in [0.2, 0.25) is 5.91 Å². The van der Waals surface area contributed by atoms with E-state index >= 15 is 0 Å². The highest BCUT2D eigenvalue weighted by Crippen LogP contribution is 2.39. The maximum atomic E-state index is 13.5. The Morgan fingerprint density at radius 2 is 2.00 bits per heavy atom. The van der Waals surface area contributed by atoms with Crippen molar-refractivity contribution in [1.82, 2.24) is 20.0 Å². The van der Waals surface area contributed by atoms with Gasteiger partial charge in [0, 0.05) is 37.7 Å². The van der Waals surface area contributed by atoms with Crippen molar-refractivity contribution in [2.45, 2.75) is 31.7 Å². The van der Waals surface area contributed by atoms with Crippen molar-refractivity contribution in [3.8, 4) is 22.8 Å². The molecule has 3 atom stereocenters. The van der Waals surface area contributed by atoms with Crippen molar-refractivity contribution in [3.05, 3.63) is 30.0 Å². The maximum Gasteiger partial charge on any atom is 0.257 e. The second-order valence-corrected chi connectivity index (χ2v) is 8.81. The standard InChI is InChI=1S/C23H28N4O4/c1-30-19-7-6-15(9-20(19)31-2)22-17(10-24-25-22)23(29)26-11-14-8-16(13-26)18-4-3-5-21(28)27(18)12-14/h6-7,9-10,14,16,18H,3-5,8,11-13H2,1-2H3,(H,24,25)/t14-,16+,18+/m1/s1. The van der Waals surface area contributed by atoms with E-state index in [0.29, 0.717) is 54.1 Å². The molecule has 3 fully saturated rings. The molecular formula is C23H28N4O4. The molecule has 3 aliphatic heterocycles. The lowest BCUT2D eigenvalue weighted by Gasteiger charge is -2.52. The van der Waals surface area contributed by atoms with Crippen molar-refractivity contribution in [2.24, 2.45) is 11.8 Å². The molecule has 0 aliphatic carbocycles. The van der Waals surface area contributed by atoms with Crippen LogP contribution >= 0.6 is 0 Å². The van der Waals surface area contributed by atoms with Crippen LogP contribution in [0.5, 0.6) is 11.5 Å². The van der Waals surface area contributed by atoms with Crippen molar-refractivity contribution in [1.29, 1.82) is 0 Å². The van der Waals surface area contributed by atoms with Gasteiger partial charge < -0.3 is 19.3 Å². The van der Waals surface area contributed by atoms with Gasteiger partial charge >= 0.3 is 0 Å². The highest BCUT2D eigenvalue weighted by atomic mass is 16.5. The average molecular weight is 425 g/mol. The number of methoxy groups -OCH3 is 2. The Balaban J connectivity index is 1.39. The SMILES string of the molecule is COc1ccc(-c2[nH]ncc2C(=O)N2C[C@H]3C[C@@H](C2)[C@@H]2CCCC(=O)N2C3)cc1OC. The highest BCUT2D eigenvalue weighted by molar-refractivity contribution is 6.00. The Morgan fingerprint density at radius 1 is 1.16 bits per heavy atom. The van der Waals surface area contributed by atoms with Crippen LogP contribution in [0.15, 0.2) is 24.4 Å². The second kappa shape index (κ2) is 7.90. The van der Waals surface area contributed by atoms with E-state index < -0.39 is 0 Å². The van der Waals surface area contributed by atoms with Crippen LogP contribution in [0.3, 0.4) is 0 Å². The topological polar surface area (TPSA) is 87.8 Å². The Kier molecular flexibility index (Phi) is 5.08. The first-order valence-corrected chi connectivity index (χ1v) is 10.9. The van der Waals surface area contributed by atoms with Gasteiger partial charge in [0.1, 0.15) is 0 Å². The van der Waals surface area contributed by atoms with Crippen molar-refractivity contribution < 1.29 is 19.1 Å². The molecule has 5 rings (SSSR count). The third-order valence-corrected chi connectivity index (χ3v) is 7.01. The summed E-state index contributed by atoms with van der Waals surface area (Å²) in [6.07, 6.45) is 5.39. The maximum absolute atomic E-state index is 13.5. The number of carbonyl (C=O) groups is 2. The minimum atomic E-state index is -0.0104. The summed E-state index contributed by atoms with van der Waals surface area (Å²) in [5.74, 6) is 2.21. The van der Waals surface area contributed by atoms with Gasteiger partial charge in [-0.2, -0.15) is 5.10 Å². The summed E-state index contributed by atoms with van der Waals surface area (Å²) < 4.78 is 10.7. The van der Waals surface area contributed by atoms with Crippen LogP contribution in [-0.4, -0.2) is 71.7 Å². The monoisotopic (exact) mass is 424 g/mol. The number of piperidine rings is 3. The lowest BCUT2D eigenvalue weighted by atomic mass is 9.76. The van der Waals surface area contributed by atoms with E-state index in [2.05, 4.69) is 15.1 Å². The first-order valence-electron chi connectivity index (χ1n) is 10.9. The third-order valence-electron chi connectivity index (χ3n) is 7.01. The van der Waals surface area contributed by atoms with Gasteiger partial charge in [0.05, 0.1) is 31.7 Å². The summed E-state index contributed by atoms with van der Waals surface area (Å²) in [5, 5.41) is 7.15. The summed E-state index contributed by atoms with van der Waals surface area (Å²) in [6.45, 7) is 2.15. The molecule has 0 spiro atoms. The summed E-state index contributed by atoms with van der Waals surface area (Å²) in [4.78, 5) is 29.9. The third kappa shape index (κ3) is 3.43. The summed E-state index contributed by atoms with van der Waals surface area (Å²) in [7, 11) is 3.18. The molecule has 0 radical (unpaired) electrons. The predicted octanol–water partition coefficient (Wildman–Crippen LogP) is 2.57. The van der Waals surface area contributed by atoms with E-state index in [-0.39, 0.29) is 17.9 Å². The molecule has 0 saturated carbocycles. The molecule has 0 unspecified atom stereocenters. The van der Waals surface area contributed by atoms with Crippen molar-refractivity contribution in [2.75, 3.05) is 33.9 Å². The number of amides is 2. The number of aromatic nitrogens is 2. The fourth-order valence-electron chi connectivity index (χ4n) is 5.61. The Hall–Kier alpha value is -3.03. The predicted molar refractivity (Wildman–Crippen MR) is 114 cm³/mol. The molecule has 1 aromatic heterocycles. The van der Waals surface area contributed by atoms with Crippen LogP contribution in [0.2, 0.25) is 0 Å². The summed E-state index contributed by atoms with van der Waals surface area (Å²) in [5.41, 5.74) is 2.06. The van der Waals surface area contributed by atoms with E-state index in [1.807, 2.05) is 23.1 Å². The van der Waals surface area contributed by atoms with Crippen LogP contribution in [0.4, 0.5) is 0 Å². The molecule has 2 amide bonds. The molecular weight excluding hydrogens is 396 g/mol. The highest BCUT2D eigenvalue weighted by Gasteiger charge is 2.45. The lowest BCUT2D eigenvalue weighted by molar-refractivity contribution is -0.144. The van der Waals surface area contributed by atoms with Gasteiger partial charge in [0.25, 0.3) is 5.91 Å². The number of nitrogens with one attached hydrogen (secondary N) is 1. The number of hydrogen-bond donors (Lipinski definition) is 1. The van der Waals surface area contributed by atoms with E-state index in [1.54, 1.807) is 20.4 Å². The normalized spacial score (nSPS) is 25.2. The molecule has 8 nitrogen and oxygen atoms in total. The number of fused-ring (bicyclic) bond motifs is 4. The number of nitrogens with zero attached hydrogens (tertiary/aromatic N) is 3. The molecule has 3 saturated heterocycles. The van der Waals surface area contributed by atoms with Crippen molar-refractivity contribution >= 4 is 11.8 Å². The van der Waals surface area contributed by atoms with Crippen LogP contribution < -0.4 is 9.47 Å². The molecule has 2 bridgehead atoms. The molecule has 2 aromatic rings. The molecule has 31 heavy (non-hydrogen) atoms. The number of H-pyrrole nitrogens is 1. The zero-order valence-corrected chi connectivity index (χ0v) is 18.0. The Bertz CT molecular complexity index is 1000. The fraction of sp³-hybridized carbons (Fsp3) is 0.522. The second-order valence-electron chi connectivity index (χ2n) is 8.81. The fourth-order valence-corrected chi connectivity index (χ4v) is 5.61. The van der Waals surface area contributed by atoms with E-state index in [9.17, 15) is 9.59 Å². The first kappa shape index (κ1) is 19.9. The minimum Gasteiger partial charge on any atom is -0.493 e. The number of hydrogen-bond acceptors (Lipinski definition) is 5. The number of rotatable bonds is 4. The van der Waals surface area contributed by atoms with Gasteiger partial charge in [-0.15, -0.1) is 0 Å². The zero-order chi connectivity index (χ0) is 21.5. The first-order chi connectivity index (χ1) is 15.1. The van der Waals surface area contributed by atoms with Crippen LogP contribution in [0.25, 0.3) is 11.3 Å². The molecule has 4 heterocycles. The number of ether oxygens (including phenoxy) is 2. The van der Waals surface area contributed by atoms with Gasteiger partial charge in [-0.05, 0) is 49.3 Å². The Morgan fingerprint density at radius 3 is 2.81 bits per heavy atom. The van der Waals surface area contributed by atoms with E-state index in [4.69, 9.17) is 9.47 Å². The van der Waals surface area contributed by atoms with Gasteiger partial charge in [0.15, 0.2) is 11.5 Å². The number of aromatic amines is 1. The minimum absolute atomic E-state index is 0.0104.